The smallest absolute Gasteiger partial charge is 0.0490 e. The van der Waals surface area contributed by atoms with Crippen molar-refractivity contribution in [2.45, 2.75) is 45.4 Å². The van der Waals surface area contributed by atoms with E-state index >= 15 is 0 Å². The molecular weight excluding hydrogens is 186 g/mol. The second kappa shape index (κ2) is 10.4. The minimum absolute atomic E-state index is 0.791. The normalized spacial score (nSPS) is 13.4. The second-order valence-electron chi connectivity index (χ2n) is 4.76. The molecule has 0 rings (SSSR count). The molecule has 2 heteroatoms. The van der Waals surface area contributed by atoms with E-state index in [4.69, 9.17) is 4.74 Å². The van der Waals surface area contributed by atoms with Crippen LogP contribution in [0.2, 0.25) is 0 Å². The molecule has 0 spiro atoms. The molecule has 0 aliphatic heterocycles. The Morgan fingerprint density at radius 3 is 2.33 bits per heavy atom. The van der Waals surface area contributed by atoms with Crippen LogP contribution >= 0.6 is 0 Å². The summed E-state index contributed by atoms with van der Waals surface area (Å²) in [6.07, 6.45) is 8.01. The van der Waals surface area contributed by atoms with Gasteiger partial charge in [-0.1, -0.05) is 26.2 Å². The molecule has 0 aliphatic carbocycles. The van der Waals surface area contributed by atoms with Crippen LogP contribution in [0.3, 0.4) is 0 Å². The summed E-state index contributed by atoms with van der Waals surface area (Å²) in [6.45, 7) is 4.43. The number of hydrogen-bond acceptors (Lipinski definition) is 2. The monoisotopic (exact) mass is 215 g/mol. The van der Waals surface area contributed by atoms with Gasteiger partial charge in [0.1, 0.15) is 0 Å². The fourth-order valence-electron chi connectivity index (χ4n) is 1.99. The second-order valence-corrected chi connectivity index (χ2v) is 4.76. The molecule has 0 unspecified atom stereocenters. The van der Waals surface area contributed by atoms with E-state index in [9.17, 15) is 0 Å². The Bertz CT molecular complexity index is 120. The topological polar surface area (TPSA) is 12.5 Å². The lowest BCUT2D eigenvalue weighted by Gasteiger charge is -2.15. The first-order chi connectivity index (χ1) is 7.20. The molecule has 92 valence electrons. The minimum Gasteiger partial charge on any atom is -0.384 e. The molecule has 15 heavy (non-hydrogen) atoms. The number of methoxy groups -OCH3 is 1. The van der Waals surface area contributed by atoms with Gasteiger partial charge in [0.05, 0.1) is 0 Å². The van der Waals surface area contributed by atoms with Crippen molar-refractivity contribution in [3.8, 4) is 0 Å². The van der Waals surface area contributed by atoms with Gasteiger partial charge in [-0.15, -0.1) is 0 Å². The van der Waals surface area contributed by atoms with Gasteiger partial charge in [-0.2, -0.15) is 0 Å². The first kappa shape index (κ1) is 14.9. The first-order valence-corrected chi connectivity index (χ1v) is 6.34. The van der Waals surface area contributed by atoms with Crippen molar-refractivity contribution in [1.82, 2.24) is 4.90 Å². The highest BCUT2D eigenvalue weighted by Gasteiger charge is 2.06. The molecule has 0 saturated carbocycles. The summed E-state index contributed by atoms with van der Waals surface area (Å²) in [4.78, 5) is 2.26. The Hall–Kier alpha value is -0.0800. The Kier molecular flexibility index (Phi) is 10.4. The average Bonchev–Trinajstić information content (AvgIpc) is 2.17. The first-order valence-electron chi connectivity index (χ1n) is 6.34. The van der Waals surface area contributed by atoms with Gasteiger partial charge in [0.25, 0.3) is 0 Å². The highest BCUT2D eigenvalue weighted by molar-refractivity contribution is 4.58. The van der Waals surface area contributed by atoms with Crippen LogP contribution in [0, 0.1) is 5.92 Å². The van der Waals surface area contributed by atoms with Gasteiger partial charge in [0, 0.05) is 13.7 Å². The zero-order valence-corrected chi connectivity index (χ0v) is 11.1. The van der Waals surface area contributed by atoms with Crippen molar-refractivity contribution in [2.24, 2.45) is 5.92 Å². The molecule has 0 aliphatic rings. The molecule has 1 atom stereocenters. The van der Waals surface area contributed by atoms with Crippen LogP contribution in [0.25, 0.3) is 0 Å². The quantitative estimate of drug-likeness (QED) is 0.519. The van der Waals surface area contributed by atoms with E-state index < -0.39 is 0 Å². The fourth-order valence-corrected chi connectivity index (χ4v) is 1.99. The van der Waals surface area contributed by atoms with Gasteiger partial charge in [0.15, 0.2) is 0 Å². The molecular formula is C13H29NO. The molecule has 0 aromatic carbocycles. The molecule has 0 fully saturated rings. The molecule has 0 saturated heterocycles. The van der Waals surface area contributed by atoms with Crippen molar-refractivity contribution >= 4 is 0 Å². The fraction of sp³-hybridized carbons (Fsp3) is 1.00. The summed E-state index contributed by atoms with van der Waals surface area (Å²) >= 11 is 0. The van der Waals surface area contributed by atoms with Crippen molar-refractivity contribution in [1.29, 1.82) is 0 Å². The summed E-state index contributed by atoms with van der Waals surface area (Å²) in [7, 11) is 6.10. The van der Waals surface area contributed by atoms with Gasteiger partial charge in [-0.25, -0.2) is 0 Å². The highest BCUT2D eigenvalue weighted by Crippen LogP contribution is 2.15. The average molecular weight is 215 g/mol. The third kappa shape index (κ3) is 10.2. The standard InChI is InChI=1S/C13H29NO/c1-5-9-13(12-15-4)10-7-6-8-11-14(2)3/h13H,5-12H2,1-4H3/t13-/m0/s1. The zero-order chi connectivity index (χ0) is 11.5. The number of unbranched alkanes of at least 4 members (excludes halogenated alkanes) is 2. The zero-order valence-electron chi connectivity index (χ0n) is 11.1. The molecule has 0 heterocycles. The van der Waals surface area contributed by atoms with E-state index in [0.717, 1.165) is 12.5 Å². The third-order valence-electron chi connectivity index (χ3n) is 2.82. The van der Waals surface area contributed by atoms with Gasteiger partial charge >= 0.3 is 0 Å². The van der Waals surface area contributed by atoms with Gasteiger partial charge < -0.3 is 9.64 Å². The predicted molar refractivity (Wildman–Crippen MR) is 67.3 cm³/mol. The van der Waals surface area contributed by atoms with E-state index in [1.807, 2.05) is 7.11 Å². The molecule has 0 radical (unpaired) electrons. The minimum atomic E-state index is 0.791. The van der Waals surface area contributed by atoms with E-state index in [2.05, 4.69) is 25.9 Å². The summed E-state index contributed by atoms with van der Waals surface area (Å²) in [6, 6.07) is 0. The predicted octanol–water partition coefficient (Wildman–Crippen LogP) is 3.17. The maximum atomic E-state index is 5.24. The number of ether oxygens (including phenoxy) is 1. The molecule has 0 amide bonds. The summed E-state index contributed by atoms with van der Waals surface area (Å²) in [5, 5.41) is 0. The van der Waals surface area contributed by atoms with Crippen LogP contribution in [-0.2, 0) is 4.74 Å². The van der Waals surface area contributed by atoms with E-state index in [1.165, 1.54) is 45.1 Å². The van der Waals surface area contributed by atoms with Crippen LogP contribution in [0.4, 0.5) is 0 Å². The number of rotatable bonds is 10. The van der Waals surface area contributed by atoms with Crippen LogP contribution < -0.4 is 0 Å². The summed E-state index contributed by atoms with van der Waals surface area (Å²) in [5.41, 5.74) is 0. The molecule has 2 nitrogen and oxygen atoms in total. The van der Waals surface area contributed by atoms with Crippen LogP contribution in [-0.4, -0.2) is 39.3 Å². The molecule has 0 aromatic heterocycles. The Morgan fingerprint density at radius 2 is 1.80 bits per heavy atom. The largest absolute Gasteiger partial charge is 0.384 e. The number of hydrogen-bond donors (Lipinski definition) is 0. The van der Waals surface area contributed by atoms with Crippen molar-refractivity contribution in [2.75, 3.05) is 34.4 Å². The SMILES string of the molecule is CCC[C@@H](CCCCCN(C)C)COC. The van der Waals surface area contributed by atoms with Crippen LogP contribution in [0.1, 0.15) is 45.4 Å². The molecule has 0 N–H and O–H groups in total. The van der Waals surface area contributed by atoms with Gasteiger partial charge in [0.2, 0.25) is 0 Å². The molecule has 0 bridgehead atoms. The maximum Gasteiger partial charge on any atom is 0.0490 e. The Balaban J connectivity index is 3.36. The van der Waals surface area contributed by atoms with Gasteiger partial charge in [-0.3, -0.25) is 0 Å². The maximum absolute atomic E-state index is 5.24. The van der Waals surface area contributed by atoms with E-state index in [1.54, 1.807) is 0 Å². The summed E-state index contributed by atoms with van der Waals surface area (Å²) in [5.74, 6) is 0.791. The third-order valence-corrected chi connectivity index (χ3v) is 2.82. The highest BCUT2D eigenvalue weighted by atomic mass is 16.5. The van der Waals surface area contributed by atoms with Gasteiger partial charge in [-0.05, 0) is 45.8 Å². The number of nitrogens with zero attached hydrogens (tertiary/aromatic N) is 1. The van der Waals surface area contributed by atoms with Crippen molar-refractivity contribution in [3.63, 3.8) is 0 Å². The Morgan fingerprint density at radius 1 is 1.07 bits per heavy atom. The van der Waals surface area contributed by atoms with Crippen LogP contribution in [0.15, 0.2) is 0 Å². The van der Waals surface area contributed by atoms with E-state index in [-0.39, 0.29) is 0 Å². The molecule has 0 aromatic rings. The van der Waals surface area contributed by atoms with E-state index in [0.29, 0.717) is 0 Å². The summed E-state index contributed by atoms with van der Waals surface area (Å²) < 4.78 is 5.24. The lowest BCUT2D eigenvalue weighted by molar-refractivity contribution is 0.141. The lowest BCUT2D eigenvalue weighted by Crippen LogP contribution is -2.13. The van der Waals surface area contributed by atoms with Crippen LogP contribution in [0.5, 0.6) is 0 Å². The van der Waals surface area contributed by atoms with Crippen molar-refractivity contribution in [3.05, 3.63) is 0 Å². The van der Waals surface area contributed by atoms with Crippen molar-refractivity contribution < 1.29 is 4.74 Å². The Labute approximate surface area is 96.0 Å². The lowest BCUT2D eigenvalue weighted by atomic mass is 9.97.